The molecule has 1 amide bonds. The van der Waals surface area contributed by atoms with E-state index in [0.717, 1.165) is 21.2 Å². The fourth-order valence-corrected chi connectivity index (χ4v) is 2.45. The van der Waals surface area contributed by atoms with Crippen molar-refractivity contribution in [2.45, 2.75) is 19.5 Å². The van der Waals surface area contributed by atoms with E-state index in [4.69, 9.17) is 4.74 Å². The number of carbonyl (C=O) groups is 1. The van der Waals surface area contributed by atoms with Crippen LogP contribution in [0, 0.1) is 11.6 Å². The summed E-state index contributed by atoms with van der Waals surface area (Å²) in [4.78, 5) is 28.3. The first-order valence-corrected chi connectivity index (χ1v) is 7.62. The molecule has 0 spiro atoms. The molecule has 136 valence electrons. The molecule has 0 aliphatic heterocycles. The molecule has 0 bridgehead atoms. The molecule has 3 rings (SSSR count). The van der Waals surface area contributed by atoms with E-state index in [2.05, 4.69) is 15.4 Å². The van der Waals surface area contributed by atoms with Crippen LogP contribution in [0.3, 0.4) is 0 Å². The highest BCUT2D eigenvalue weighted by Gasteiger charge is 2.16. The third-order valence-corrected chi connectivity index (χ3v) is 3.80. The molecule has 1 aromatic carbocycles. The van der Waals surface area contributed by atoms with Gasteiger partial charge < -0.3 is 10.1 Å². The Morgan fingerprint density at radius 2 is 2.12 bits per heavy atom. The van der Waals surface area contributed by atoms with Gasteiger partial charge in [-0.1, -0.05) is 6.07 Å². The van der Waals surface area contributed by atoms with E-state index in [0.29, 0.717) is 11.3 Å². The third-order valence-electron chi connectivity index (χ3n) is 3.80. The van der Waals surface area contributed by atoms with Crippen LogP contribution >= 0.6 is 0 Å². The maximum Gasteiger partial charge on any atom is 0.352 e. The van der Waals surface area contributed by atoms with E-state index in [-0.39, 0.29) is 12.2 Å². The average molecular weight is 363 g/mol. The summed E-state index contributed by atoms with van der Waals surface area (Å²) in [5.74, 6) is -2.19. The number of carbonyl (C=O) groups excluding carboxylic acids is 1. The number of halogens is 2. The Hall–Kier alpha value is -3.30. The lowest BCUT2D eigenvalue weighted by Crippen LogP contribution is -2.34. The predicted octanol–water partition coefficient (Wildman–Crippen LogP) is 1.06. The maximum atomic E-state index is 13.3. The molecule has 0 aliphatic carbocycles. The molecule has 0 saturated heterocycles. The SMILES string of the molecule is COc1cncn2c(=O)n(CC(=O)N[C@@H](C)c3ccc(F)c(F)c3)nc12. The second-order valence-corrected chi connectivity index (χ2v) is 5.56. The van der Waals surface area contributed by atoms with Crippen LogP contribution in [0.15, 0.2) is 35.5 Å². The Balaban J connectivity index is 1.77. The largest absolute Gasteiger partial charge is 0.491 e. The van der Waals surface area contributed by atoms with Gasteiger partial charge >= 0.3 is 5.69 Å². The fourth-order valence-electron chi connectivity index (χ4n) is 2.45. The number of ether oxygens (including phenoxy) is 1. The molecule has 26 heavy (non-hydrogen) atoms. The van der Waals surface area contributed by atoms with Crippen LogP contribution in [0.2, 0.25) is 0 Å². The van der Waals surface area contributed by atoms with Gasteiger partial charge in [-0.25, -0.2) is 27.6 Å². The maximum absolute atomic E-state index is 13.3. The standard InChI is InChI=1S/C16H15F2N5O3/c1-9(10-3-4-11(17)12(18)5-10)20-14(24)7-23-16(25)22-8-19-6-13(26-2)15(22)21-23/h3-6,8-9H,7H2,1-2H3,(H,20,24)/t9-/m0/s1. The van der Waals surface area contributed by atoms with E-state index in [1.54, 1.807) is 6.92 Å². The summed E-state index contributed by atoms with van der Waals surface area (Å²) in [6.07, 6.45) is 2.67. The van der Waals surface area contributed by atoms with Crippen LogP contribution in [0.1, 0.15) is 18.5 Å². The first-order valence-electron chi connectivity index (χ1n) is 7.62. The second-order valence-electron chi connectivity index (χ2n) is 5.56. The molecule has 8 nitrogen and oxygen atoms in total. The van der Waals surface area contributed by atoms with E-state index in [9.17, 15) is 18.4 Å². The quantitative estimate of drug-likeness (QED) is 0.732. The van der Waals surface area contributed by atoms with Gasteiger partial charge in [0.1, 0.15) is 12.9 Å². The lowest BCUT2D eigenvalue weighted by molar-refractivity contribution is -0.122. The fraction of sp³-hybridized carbons (Fsp3) is 0.250. The second kappa shape index (κ2) is 6.90. The minimum absolute atomic E-state index is 0.231. The number of nitrogens with zero attached hydrogens (tertiary/aromatic N) is 4. The number of aromatic nitrogens is 4. The lowest BCUT2D eigenvalue weighted by Gasteiger charge is -2.14. The van der Waals surface area contributed by atoms with Crippen LogP contribution in [0.5, 0.6) is 5.75 Å². The molecule has 0 aliphatic rings. The average Bonchev–Trinajstić information content (AvgIpc) is 2.93. The molecule has 0 fully saturated rings. The molecule has 0 unspecified atom stereocenters. The number of amides is 1. The summed E-state index contributed by atoms with van der Waals surface area (Å²) in [5, 5.41) is 6.67. The van der Waals surface area contributed by atoms with Crippen molar-refractivity contribution in [1.29, 1.82) is 0 Å². The molecule has 1 N–H and O–H groups in total. The topological polar surface area (TPSA) is 90.5 Å². The summed E-state index contributed by atoms with van der Waals surface area (Å²) in [7, 11) is 1.41. The van der Waals surface area contributed by atoms with Gasteiger partial charge in [-0.15, -0.1) is 5.10 Å². The molecule has 0 saturated carbocycles. The van der Waals surface area contributed by atoms with Gasteiger partial charge in [0.15, 0.2) is 17.4 Å². The van der Waals surface area contributed by atoms with Crippen LogP contribution in [-0.4, -0.2) is 32.2 Å². The lowest BCUT2D eigenvalue weighted by atomic mass is 10.1. The first-order chi connectivity index (χ1) is 12.4. The van der Waals surface area contributed by atoms with Crippen LogP contribution in [-0.2, 0) is 11.3 Å². The van der Waals surface area contributed by atoms with Gasteiger partial charge in [0.25, 0.3) is 0 Å². The molecule has 10 heteroatoms. The summed E-state index contributed by atoms with van der Waals surface area (Å²) in [6, 6.07) is 2.78. The van der Waals surface area contributed by atoms with E-state index in [1.807, 2.05) is 0 Å². The van der Waals surface area contributed by atoms with Crippen molar-refractivity contribution in [3.8, 4) is 5.75 Å². The number of rotatable bonds is 5. The van der Waals surface area contributed by atoms with E-state index >= 15 is 0 Å². The first kappa shape index (κ1) is 17.5. The highest BCUT2D eigenvalue weighted by molar-refractivity contribution is 5.76. The van der Waals surface area contributed by atoms with Crippen LogP contribution in [0.25, 0.3) is 5.65 Å². The third kappa shape index (κ3) is 3.25. The van der Waals surface area contributed by atoms with Gasteiger partial charge in [-0.2, -0.15) is 0 Å². The van der Waals surface area contributed by atoms with Crippen molar-refractivity contribution in [3.05, 3.63) is 58.4 Å². The van der Waals surface area contributed by atoms with Crippen molar-refractivity contribution in [2.75, 3.05) is 7.11 Å². The Morgan fingerprint density at radius 1 is 1.35 bits per heavy atom. The van der Waals surface area contributed by atoms with E-state index in [1.165, 1.54) is 25.7 Å². The van der Waals surface area contributed by atoms with Crippen molar-refractivity contribution >= 4 is 11.6 Å². The number of benzene rings is 1. The predicted molar refractivity (Wildman–Crippen MR) is 86.7 cm³/mol. The van der Waals surface area contributed by atoms with Crippen molar-refractivity contribution in [1.82, 2.24) is 24.5 Å². The zero-order valence-electron chi connectivity index (χ0n) is 13.9. The number of nitrogens with one attached hydrogen (secondary N) is 1. The number of fused-ring (bicyclic) bond motifs is 1. The molecule has 2 heterocycles. The van der Waals surface area contributed by atoms with E-state index < -0.39 is 29.3 Å². The smallest absolute Gasteiger partial charge is 0.352 e. The highest BCUT2D eigenvalue weighted by Crippen LogP contribution is 2.16. The van der Waals surface area contributed by atoms with Crippen molar-refractivity contribution in [3.63, 3.8) is 0 Å². The normalized spacial score (nSPS) is 12.2. The zero-order valence-corrected chi connectivity index (χ0v) is 13.9. The molecule has 3 aromatic rings. The van der Waals surface area contributed by atoms with Gasteiger partial charge in [0.05, 0.1) is 19.3 Å². The zero-order chi connectivity index (χ0) is 18.8. The van der Waals surface area contributed by atoms with Gasteiger partial charge in [-0.3, -0.25) is 4.79 Å². The molecular formula is C16H15F2N5O3. The number of hydrogen-bond donors (Lipinski definition) is 1. The number of methoxy groups -OCH3 is 1. The van der Waals surface area contributed by atoms with Crippen LogP contribution < -0.4 is 15.7 Å². The Morgan fingerprint density at radius 3 is 2.81 bits per heavy atom. The molecule has 0 radical (unpaired) electrons. The summed E-state index contributed by atoms with van der Waals surface area (Å²) in [5.41, 5.74) is 0.0708. The van der Waals surface area contributed by atoms with Gasteiger partial charge in [0.2, 0.25) is 11.6 Å². The van der Waals surface area contributed by atoms with Crippen molar-refractivity contribution < 1.29 is 18.3 Å². The molecule has 1 atom stereocenters. The Labute approximate surface area is 146 Å². The number of hydrogen-bond acceptors (Lipinski definition) is 5. The van der Waals surface area contributed by atoms with Crippen LogP contribution in [0.4, 0.5) is 8.78 Å². The van der Waals surface area contributed by atoms with Gasteiger partial charge in [0, 0.05) is 0 Å². The Kier molecular flexibility index (Phi) is 4.65. The molecule has 2 aromatic heterocycles. The monoisotopic (exact) mass is 363 g/mol. The van der Waals surface area contributed by atoms with Gasteiger partial charge in [-0.05, 0) is 24.6 Å². The summed E-state index contributed by atoms with van der Waals surface area (Å²) in [6.45, 7) is 1.27. The van der Waals surface area contributed by atoms with Crippen molar-refractivity contribution in [2.24, 2.45) is 0 Å². The molecular weight excluding hydrogens is 348 g/mol. The summed E-state index contributed by atoms with van der Waals surface area (Å²) >= 11 is 0. The summed E-state index contributed by atoms with van der Waals surface area (Å²) < 4.78 is 33.5. The Bertz CT molecular complexity index is 1030. The highest BCUT2D eigenvalue weighted by atomic mass is 19.2. The minimum Gasteiger partial charge on any atom is -0.491 e. The minimum atomic E-state index is -1.00.